The highest BCUT2D eigenvalue weighted by Gasteiger charge is 2.46. The summed E-state index contributed by atoms with van der Waals surface area (Å²) in [6, 6.07) is 28.4. The Labute approximate surface area is 368 Å². The van der Waals surface area contributed by atoms with E-state index in [1.807, 2.05) is 0 Å². The SMILES string of the molecule is CC1(C)C2=CC=CCC2c2cc3c(cc21)-c1c(C2C=CC=C(N(C4=CCC(c5cccc6c5OC5CC=CC=C65)C=C4)c4ccc(C5=CCCC=C5)cc4)C2)cccc1C3(C)C. The van der Waals surface area contributed by atoms with Gasteiger partial charge in [0.2, 0.25) is 0 Å². The van der Waals surface area contributed by atoms with Crippen LogP contribution in [0.2, 0.25) is 0 Å². The number of nitrogens with zero attached hydrogens (tertiary/aromatic N) is 1. The number of para-hydroxylation sites is 1. The van der Waals surface area contributed by atoms with Crippen LogP contribution in [0.3, 0.4) is 0 Å². The van der Waals surface area contributed by atoms with Crippen LogP contribution in [0.25, 0.3) is 22.3 Å². The fourth-order valence-electron chi connectivity index (χ4n) is 12.2. The van der Waals surface area contributed by atoms with Crippen molar-refractivity contribution in [3.05, 3.63) is 225 Å². The molecule has 1 aliphatic heterocycles. The maximum atomic E-state index is 6.65. The molecule has 4 unspecified atom stereocenters. The Morgan fingerprint density at radius 1 is 0.629 bits per heavy atom. The van der Waals surface area contributed by atoms with Gasteiger partial charge >= 0.3 is 0 Å². The number of rotatable bonds is 6. The largest absolute Gasteiger partial charge is 0.484 e. The maximum absolute atomic E-state index is 6.65. The highest BCUT2D eigenvalue weighted by molar-refractivity contribution is 5.86. The lowest BCUT2D eigenvalue weighted by molar-refractivity contribution is 0.275. The van der Waals surface area contributed by atoms with Gasteiger partial charge < -0.3 is 9.64 Å². The molecule has 0 fully saturated rings. The van der Waals surface area contributed by atoms with Gasteiger partial charge in [-0.2, -0.15) is 0 Å². The summed E-state index contributed by atoms with van der Waals surface area (Å²) in [5.74, 6) is 2.04. The average molecular weight is 806 g/mol. The van der Waals surface area contributed by atoms with E-state index in [1.54, 1.807) is 11.1 Å². The quantitative estimate of drug-likeness (QED) is 0.192. The van der Waals surface area contributed by atoms with Gasteiger partial charge in [0.05, 0.1) is 0 Å². The summed E-state index contributed by atoms with van der Waals surface area (Å²) in [6.07, 6.45) is 41.2. The predicted octanol–water partition coefficient (Wildman–Crippen LogP) is 15.2. The van der Waals surface area contributed by atoms with Crippen LogP contribution in [-0.4, -0.2) is 6.10 Å². The number of allylic oxidation sites excluding steroid dienone is 17. The number of anilines is 1. The van der Waals surface area contributed by atoms with Crippen LogP contribution in [0.15, 0.2) is 181 Å². The first-order chi connectivity index (χ1) is 30.3. The highest BCUT2D eigenvalue weighted by Crippen LogP contribution is 2.59. The zero-order chi connectivity index (χ0) is 41.7. The second-order valence-electron chi connectivity index (χ2n) is 19.7. The number of ether oxygens (including phenoxy) is 1. The third-order valence-corrected chi connectivity index (χ3v) is 15.5. The van der Waals surface area contributed by atoms with Crippen LogP contribution in [0.4, 0.5) is 5.69 Å². The van der Waals surface area contributed by atoms with Gasteiger partial charge in [0.25, 0.3) is 0 Å². The Kier molecular flexibility index (Phi) is 8.62. The molecule has 2 nitrogen and oxygen atoms in total. The molecule has 12 rings (SSSR count). The molecule has 0 radical (unpaired) electrons. The molecule has 0 saturated carbocycles. The minimum Gasteiger partial charge on any atom is -0.484 e. The van der Waals surface area contributed by atoms with E-state index in [9.17, 15) is 0 Å². The third-order valence-electron chi connectivity index (χ3n) is 15.5. The molecule has 4 atom stereocenters. The van der Waals surface area contributed by atoms with Crippen LogP contribution >= 0.6 is 0 Å². The van der Waals surface area contributed by atoms with Gasteiger partial charge in [-0.25, -0.2) is 0 Å². The van der Waals surface area contributed by atoms with Gasteiger partial charge in [0, 0.05) is 68.8 Å². The summed E-state index contributed by atoms with van der Waals surface area (Å²) in [6.45, 7) is 9.78. The first kappa shape index (κ1) is 37.6. The number of fused-ring (bicyclic) bond motifs is 9. The molecular formula is C60H55NO. The normalized spacial score (nSPS) is 24.9. The molecule has 0 N–H and O–H groups in total. The number of benzene rings is 4. The molecular weight excluding hydrogens is 751 g/mol. The Balaban J connectivity index is 0.901. The number of hydrogen-bond donors (Lipinski definition) is 0. The van der Waals surface area contributed by atoms with E-state index in [1.165, 1.54) is 78.3 Å². The molecule has 0 amide bonds. The molecule has 4 aromatic rings. The van der Waals surface area contributed by atoms with Crippen LogP contribution in [0.5, 0.6) is 5.75 Å². The van der Waals surface area contributed by atoms with Gasteiger partial charge in [0.15, 0.2) is 0 Å². The van der Waals surface area contributed by atoms with E-state index in [-0.39, 0.29) is 28.8 Å². The molecule has 62 heavy (non-hydrogen) atoms. The van der Waals surface area contributed by atoms with Crippen molar-refractivity contribution in [2.75, 3.05) is 4.90 Å². The fraction of sp³-hybridized carbons (Fsp3) is 0.267. The molecule has 0 aromatic heterocycles. The summed E-state index contributed by atoms with van der Waals surface area (Å²) >= 11 is 0. The fourth-order valence-corrected chi connectivity index (χ4v) is 12.2. The van der Waals surface area contributed by atoms with Crippen molar-refractivity contribution in [3.63, 3.8) is 0 Å². The molecule has 2 heteroatoms. The number of hydrogen-bond acceptors (Lipinski definition) is 2. The Morgan fingerprint density at radius 2 is 1.47 bits per heavy atom. The molecule has 306 valence electrons. The Morgan fingerprint density at radius 3 is 2.31 bits per heavy atom. The second kappa shape index (κ2) is 14.2. The second-order valence-corrected chi connectivity index (χ2v) is 19.7. The molecule has 7 aliphatic carbocycles. The Bertz CT molecular complexity index is 2890. The lowest BCUT2D eigenvalue weighted by Crippen LogP contribution is -2.24. The standard InChI is InChI=1S/C60H55NO/c1-59(2)52-24-10-8-19-47(52)50-36-55-51(37-54(50)59)57-45(21-14-25-53(57)60(55,3)4)41-17-12-18-44(35-41)61(42-31-27-39(28-32-42)38-15-6-5-7-16-38)43-33-29-40(30-34-43)46-22-13-23-49-48-20-9-11-26-56(48)62-58(46)49/h6,8-18,20-25,27-29,31-34,36-37,40-41,47,56H,5,7,19,26,30,35H2,1-4H3. The van der Waals surface area contributed by atoms with Crippen molar-refractivity contribution >= 4 is 16.8 Å². The summed E-state index contributed by atoms with van der Waals surface area (Å²) in [4.78, 5) is 2.54. The zero-order valence-electron chi connectivity index (χ0n) is 36.5. The summed E-state index contributed by atoms with van der Waals surface area (Å²) in [7, 11) is 0. The van der Waals surface area contributed by atoms with E-state index < -0.39 is 0 Å². The lowest BCUT2D eigenvalue weighted by atomic mass is 9.78. The van der Waals surface area contributed by atoms with Gasteiger partial charge in [-0.15, -0.1) is 0 Å². The average Bonchev–Trinajstić information content (AvgIpc) is 3.89. The van der Waals surface area contributed by atoms with E-state index in [4.69, 9.17) is 4.74 Å². The maximum Gasteiger partial charge on any atom is 0.131 e. The lowest BCUT2D eigenvalue weighted by Gasteiger charge is -2.34. The van der Waals surface area contributed by atoms with Gasteiger partial charge in [-0.1, -0.05) is 167 Å². The van der Waals surface area contributed by atoms with Crippen molar-refractivity contribution in [1.29, 1.82) is 0 Å². The molecule has 1 heterocycles. The molecule has 8 aliphatic rings. The van der Waals surface area contributed by atoms with Crippen LogP contribution < -0.4 is 9.64 Å². The van der Waals surface area contributed by atoms with E-state index in [2.05, 4.69) is 197 Å². The smallest absolute Gasteiger partial charge is 0.131 e. The predicted molar refractivity (Wildman–Crippen MR) is 259 cm³/mol. The van der Waals surface area contributed by atoms with Gasteiger partial charge in [-0.05, 0) is 113 Å². The summed E-state index contributed by atoms with van der Waals surface area (Å²) in [5.41, 5.74) is 22.1. The Hall–Kier alpha value is -6.12. The zero-order valence-corrected chi connectivity index (χ0v) is 36.5. The van der Waals surface area contributed by atoms with Crippen molar-refractivity contribution in [3.8, 4) is 16.9 Å². The minimum absolute atomic E-state index is 0.0173. The molecule has 0 saturated heterocycles. The summed E-state index contributed by atoms with van der Waals surface area (Å²) < 4.78 is 6.65. The monoisotopic (exact) mass is 805 g/mol. The van der Waals surface area contributed by atoms with E-state index in [0.29, 0.717) is 5.92 Å². The van der Waals surface area contributed by atoms with Crippen LogP contribution in [-0.2, 0) is 10.8 Å². The molecule has 4 aromatic carbocycles. The van der Waals surface area contributed by atoms with E-state index in [0.717, 1.165) is 44.3 Å². The van der Waals surface area contributed by atoms with Crippen molar-refractivity contribution < 1.29 is 4.74 Å². The van der Waals surface area contributed by atoms with Crippen LogP contribution in [0, 0.1) is 0 Å². The topological polar surface area (TPSA) is 12.5 Å². The van der Waals surface area contributed by atoms with Crippen LogP contribution in [0.1, 0.15) is 128 Å². The van der Waals surface area contributed by atoms with Crippen molar-refractivity contribution in [2.24, 2.45) is 0 Å². The third kappa shape index (κ3) is 5.75. The molecule has 0 bridgehead atoms. The highest BCUT2D eigenvalue weighted by atomic mass is 16.5. The molecule has 0 spiro atoms. The van der Waals surface area contributed by atoms with Gasteiger partial charge in [0.1, 0.15) is 11.9 Å². The van der Waals surface area contributed by atoms with E-state index >= 15 is 0 Å². The van der Waals surface area contributed by atoms with Gasteiger partial charge in [-0.3, -0.25) is 0 Å². The summed E-state index contributed by atoms with van der Waals surface area (Å²) in [5, 5.41) is 0. The first-order valence-corrected chi connectivity index (χ1v) is 23.1. The first-order valence-electron chi connectivity index (χ1n) is 23.1. The minimum atomic E-state index is -0.0748. The van der Waals surface area contributed by atoms with Crippen molar-refractivity contribution in [2.45, 2.75) is 101 Å². The van der Waals surface area contributed by atoms with Crippen molar-refractivity contribution in [1.82, 2.24) is 0 Å².